The Morgan fingerprint density at radius 3 is 2.68 bits per heavy atom. The van der Waals surface area contributed by atoms with Crippen LogP contribution in [0.1, 0.15) is 16.8 Å². The Morgan fingerprint density at radius 1 is 1.18 bits per heavy atom. The summed E-state index contributed by atoms with van der Waals surface area (Å²) in [4.78, 5) is 29.4. The Labute approximate surface area is 171 Å². The highest BCUT2D eigenvalue weighted by Crippen LogP contribution is 2.13. The summed E-state index contributed by atoms with van der Waals surface area (Å²) in [5.74, 6) is 0.731. The average molecular weight is 456 g/mol. The van der Waals surface area contributed by atoms with E-state index < -0.39 is 5.56 Å². The topological polar surface area (TPSA) is 73.6 Å². The molecule has 0 bridgehead atoms. The molecule has 2 aromatic heterocycles. The Hall–Kier alpha value is -2.84. The van der Waals surface area contributed by atoms with Gasteiger partial charge in [-0.05, 0) is 41.5 Å². The van der Waals surface area contributed by atoms with Crippen LogP contribution in [0.5, 0.6) is 5.75 Å². The molecule has 0 saturated heterocycles. The number of methoxy groups -OCH3 is 1. The van der Waals surface area contributed by atoms with Gasteiger partial charge < -0.3 is 4.74 Å². The van der Waals surface area contributed by atoms with Gasteiger partial charge in [-0.2, -0.15) is 14.6 Å². The van der Waals surface area contributed by atoms with E-state index in [2.05, 4.69) is 26.0 Å². The molecular weight excluding hydrogens is 442 g/mol. The lowest BCUT2D eigenvalue weighted by atomic mass is 10.1. The molecule has 0 aliphatic rings. The molecule has 0 spiro atoms. The number of fused-ring (bicyclic) bond motifs is 1. The second-order valence-corrected chi connectivity index (χ2v) is 7.98. The Balaban J connectivity index is 1.76. The first-order chi connectivity index (χ1) is 13.5. The molecule has 2 heterocycles. The van der Waals surface area contributed by atoms with Gasteiger partial charge in [-0.1, -0.05) is 51.5 Å². The first-order valence-corrected chi connectivity index (χ1v) is 9.97. The molecule has 0 radical (unpaired) electrons. The summed E-state index contributed by atoms with van der Waals surface area (Å²) in [6.07, 6.45) is 2.06. The Morgan fingerprint density at radius 2 is 1.96 bits per heavy atom. The molecule has 0 amide bonds. The molecule has 2 aromatic carbocycles. The summed E-state index contributed by atoms with van der Waals surface area (Å²) in [7, 11) is 1.59. The van der Waals surface area contributed by atoms with Crippen molar-refractivity contribution < 1.29 is 4.74 Å². The van der Waals surface area contributed by atoms with E-state index in [1.807, 2.05) is 48.5 Å². The molecule has 0 aliphatic carbocycles. The monoisotopic (exact) mass is 455 g/mol. The van der Waals surface area contributed by atoms with Gasteiger partial charge in [0.1, 0.15) is 11.4 Å². The van der Waals surface area contributed by atoms with E-state index in [1.165, 1.54) is 4.52 Å². The summed E-state index contributed by atoms with van der Waals surface area (Å²) in [6.45, 7) is 0. The molecule has 8 heteroatoms. The van der Waals surface area contributed by atoms with Crippen LogP contribution >= 0.6 is 27.3 Å². The minimum Gasteiger partial charge on any atom is -0.497 e. The summed E-state index contributed by atoms with van der Waals surface area (Å²) in [5.41, 5.74) is 1.27. The largest absolute Gasteiger partial charge is 0.497 e. The van der Waals surface area contributed by atoms with Gasteiger partial charge in [0.25, 0.3) is 11.1 Å². The molecule has 0 N–H and O–H groups in total. The fourth-order valence-electron chi connectivity index (χ4n) is 2.74. The third-order valence-corrected chi connectivity index (χ3v) is 5.58. The number of halogens is 1. The highest BCUT2D eigenvalue weighted by atomic mass is 79.9. The molecule has 4 aromatic rings. The quantitative estimate of drug-likeness (QED) is 0.472. The molecule has 140 valence electrons. The van der Waals surface area contributed by atoms with Crippen molar-refractivity contribution in [3.8, 4) is 5.75 Å². The summed E-state index contributed by atoms with van der Waals surface area (Å²) in [6, 6.07) is 14.9. The zero-order valence-electron chi connectivity index (χ0n) is 14.8. The predicted molar refractivity (Wildman–Crippen MR) is 112 cm³/mol. The van der Waals surface area contributed by atoms with Crippen molar-refractivity contribution >= 4 is 38.3 Å². The van der Waals surface area contributed by atoms with E-state index in [0.29, 0.717) is 11.0 Å². The van der Waals surface area contributed by atoms with E-state index >= 15 is 0 Å². The maximum atomic E-state index is 12.7. The predicted octanol–water partition coefficient (Wildman–Crippen LogP) is 2.42. The molecular formula is C20H14BrN3O3S. The average Bonchev–Trinajstić information content (AvgIpc) is 2.97. The molecule has 0 fully saturated rings. The van der Waals surface area contributed by atoms with Crippen molar-refractivity contribution in [1.82, 2.24) is 14.6 Å². The molecule has 0 aliphatic heterocycles. The summed E-state index contributed by atoms with van der Waals surface area (Å²) in [5, 5.41) is 4.27. The fourth-order valence-corrected chi connectivity index (χ4v) is 4.06. The smallest absolute Gasteiger partial charge is 0.296 e. The summed E-state index contributed by atoms with van der Waals surface area (Å²) >= 11 is 4.56. The number of hydrogen-bond acceptors (Lipinski definition) is 6. The minimum absolute atomic E-state index is 0.228. The van der Waals surface area contributed by atoms with Crippen LogP contribution in [0.4, 0.5) is 0 Å². The molecule has 0 unspecified atom stereocenters. The van der Waals surface area contributed by atoms with Crippen molar-refractivity contribution in [2.75, 3.05) is 7.11 Å². The first kappa shape index (κ1) is 18.5. The van der Waals surface area contributed by atoms with Crippen molar-refractivity contribution in [1.29, 1.82) is 0 Å². The minimum atomic E-state index is -0.425. The van der Waals surface area contributed by atoms with Gasteiger partial charge in [0.05, 0.1) is 11.6 Å². The lowest BCUT2D eigenvalue weighted by molar-refractivity contribution is 0.414. The van der Waals surface area contributed by atoms with Crippen LogP contribution in [0.15, 0.2) is 62.6 Å². The second-order valence-electron chi connectivity index (χ2n) is 6.05. The van der Waals surface area contributed by atoms with Crippen LogP contribution < -0.4 is 20.4 Å². The van der Waals surface area contributed by atoms with Crippen molar-refractivity contribution in [2.24, 2.45) is 0 Å². The molecule has 4 rings (SSSR count). The van der Waals surface area contributed by atoms with Crippen LogP contribution in [-0.4, -0.2) is 21.7 Å². The summed E-state index contributed by atoms with van der Waals surface area (Å²) < 4.78 is 7.73. The van der Waals surface area contributed by atoms with Gasteiger partial charge in [-0.15, -0.1) is 0 Å². The van der Waals surface area contributed by atoms with Gasteiger partial charge in [0.2, 0.25) is 4.96 Å². The molecule has 28 heavy (non-hydrogen) atoms. The standard InChI is InChI=1S/C20H14BrN3O3S/c1-27-15-7-5-12(6-8-15)10-16-18(25)22-20-24(23-16)19(26)17(28-20)11-13-3-2-4-14(21)9-13/h2-9,11H,10H2,1H3/b17-11+. The highest BCUT2D eigenvalue weighted by molar-refractivity contribution is 9.10. The molecule has 6 nitrogen and oxygen atoms in total. The number of nitrogens with zero attached hydrogens (tertiary/aromatic N) is 3. The zero-order valence-corrected chi connectivity index (χ0v) is 17.2. The SMILES string of the molecule is COc1ccc(Cc2nn3c(=O)/c(=C\c4cccc(Br)c4)sc3nc2=O)cc1. The lowest BCUT2D eigenvalue weighted by Crippen LogP contribution is -2.28. The third-order valence-electron chi connectivity index (χ3n) is 4.13. The van der Waals surface area contributed by atoms with E-state index in [-0.39, 0.29) is 16.2 Å². The third kappa shape index (κ3) is 3.74. The maximum absolute atomic E-state index is 12.7. The zero-order chi connectivity index (χ0) is 19.7. The Bertz CT molecular complexity index is 1330. The van der Waals surface area contributed by atoms with Crippen LogP contribution in [0.2, 0.25) is 0 Å². The number of thiazole rings is 1. The van der Waals surface area contributed by atoms with Crippen LogP contribution in [0, 0.1) is 0 Å². The van der Waals surface area contributed by atoms with E-state index in [0.717, 1.165) is 32.7 Å². The lowest BCUT2D eigenvalue weighted by Gasteiger charge is -2.02. The van der Waals surface area contributed by atoms with E-state index in [4.69, 9.17) is 4.74 Å². The van der Waals surface area contributed by atoms with Crippen LogP contribution in [0.3, 0.4) is 0 Å². The highest BCUT2D eigenvalue weighted by Gasteiger charge is 2.12. The number of aromatic nitrogens is 3. The molecule has 0 atom stereocenters. The van der Waals surface area contributed by atoms with Crippen molar-refractivity contribution in [3.05, 3.63) is 95.1 Å². The van der Waals surface area contributed by atoms with Gasteiger partial charge >= 0.3 is 0 Å². The Kier molecular flexibility index (Phi) is 5.06. The van der Waals surface area contributed by atoms with E-state index in [9.17, 15) is 9.59 Å². The van der Waals surface area contributed by atoms with Crippen molar-refractivity contribution in [3.63, 3.8) is 0 Å². The van der Waals surface area contributed by atoms with Crippen LogP contribution in [-0.2, 0) is 6.42 Å². The van der Waals surface area contributed by atoms with Gasteiger partial charge in [0, 0.05) is 10.9 Å². The molecule has 0 saturated carbocycles. The number of hydrogen-bond donors (Lipinski definition) is 0. The van der Waals surface area contributed by atoms with Crippen LogP contribution in [0.25, 0.3) is 11.0 Å². The number of ether oxygens (including phenoxy) is 1. The van der Waals surface area contributed by atoms with Gasteiger partial charge in [-0.3, -0.25) is 9.59 Å². The number of benzene rings is 2. The first-order valence-electron chi connectivity index (χ1n) is 8.36. The van der Waals surface area contributed by atoms with E-state index in [1.54, 1.807) is 13.2 Å². The van der Waals surface area contributed by atoms with Crippen molar-refractivity contribution in [2.45, 2.75) is 6.42 Å². The fraction of sp³-hybridized carbons (Fsp3) is 0.100. The second kappa shape index (κ2) is 7.65. The maximum Gasteiger partial charge on any atom is 0.296 e. The van der Waals surface area contributed by atoms with Gasteiger partial charge in [0.15, 0.2) is 0 Å². The normalized spacial score (nSPS) is 11.9. The number of rotatable bonds is 4. The van der Waals surface area contributed by atoms with Gasteiger partial charge in [-0.25, -0.2) is 0 Å².